The predicted molar refractivity (Wildman–Crippen MR) is 150 cm³/mol. The van der Waals surface area contributed by atoms with Crippen LogP contribution in [0.4, 0.5) is 0 Å². The van der Waals surface area contributed by atoms with E-state index in [1.54, 1.807) is 46.2 Å². The van der Waals surface area contributed by atoms with E-state index < -0.39 is 16.1 Å². The summed E-state index contributed by atoms with van der Waals surface area (Å²) in [5, 5.41) is 11.0. The number of benzene rings is 3. The van der Waals surface area contributed by atoms with E-state index in [0.29, 0.717) is 43.7 Å². The zero-order chi connectivity index (χ0) is 27.8. The van der Waals surface area contributed by atoms with Gasteiger partial charge in [0, 0.05) is 32.6 Å². The van der Waals surface area contributed by atoms with Crippen molar-refractivity contribution in [1.29, 1.82) is 5.26 Å². The highest BCUT2D eigenvalue weighted by Gasteiger charge is 2.32. The first kappa shape index (κ1) is 28.3. The summed E-state index contributed by atoms with van der Waals surface area (Å²) in [5.74, 6) is -0.253. The number of amides is 2. The standard InChI is InChI=1S/C30H34N4O4S/c1-2-3-4-12-29(35)33-15-17-34(18-16-33)30(36)28(20-23-8-7-9-24(19-23)22-31)32-39(37,38)27-14-13-25-10-5-6-11-26(25)21-27/h5-11,13-14,19,21,28,32H,2-4,12,15-18,20H2,1H3. The summed E-state index contributed by atoms with van der Waals surface area (Å²) in [6.45, 7) is 3.61. The Morgan fingerprint density at radius 3 is 2.36 bits per heavy atom. The molecule has 0 aliphatic carbocycles. The molecule has 204 valence electrons. The van der Waals surface area contributed by atoms with Crippen molar-refractivity contribution in [2.75, 3.05) is 26.2 Å². The molecule has 0 aromatic heterocycles. The second-order valence-corrected chi connectivity index (χ2v) is 11.6. The Hall–Kier alpha value is -3.74. The molecule has 3 aromatic carbocycles. The Bertz CT molecular complexity index is 1470. The SMILES string of the molecule is CCCCCC(=O)N1CCN(C(=O)C(Cc2cccc(C#N)c2)NS(=O)(=O)c2ccc3ccccc3c2)CC1. The first-order valence-electron chi connectivity index (χ1n) is 13.4. The van der Waals surface area contributed by atoms with Crippen molar-refractivity contribution < 1.29 is 18.0 Å². The third-order valence-corrected chi connectivity index (χ3v) is 8.53. The molecule has 8 nitrogen and oxygen atoms in total. The van der Waals surface area contributed by atoms with Crippen LogP contribution >= 0.6 is 0 Å². The normalized spacial score (nSPS) is 14.7. The largest absolute Gasteiger partial charge is 0.339 e. The topological polar surface area (TPSA) is 111 Å². The van der Waals surface area contributed by atoms with Gasteiger partial charge in [-0.2, -0.15) is 9.98 Å². The van der Waals surface area contributed by atoms with Crippen LogP contribution in [0.15, 0.2) is 71.6 Å². The molecule has 0 saturated carbocycles. The fourth-order valence-electron chi connectivity index (χ4n) is 4.85. The minimum absolute atomic E-state index is 0.0762. The predicted octanol–water partition coefficient (Wildman–Crippen LogP) is 3.85. The van der Waals surface area contributed by atoms with E-state index in [0.717, 1.165) is 30.0 Å². The van der Waals surface area contributed by atoms with Gasteiger partial charge in [0.05, 0.1) is 16.5 Å². The van der Waals surface area contributed by atoms with Gasteiger partial charge in [0.1, 0.15) is 6.04 Å². The number of carbonyl (C=O) groups is 2. The third-order valence-electron chi connectivity index (χ3n) is 7.06. The van der Waals surface area contributed by atoms with Gasteiger partial charge in [0.25, 0.3) is 0 Å². The number of sulfonamides is 1. The minimum Gasteiger partial charge on any atom is -0.339 e. The van der Waals surface area contributed by atoms with Crippen LogP contribution in [0.3, 0.4) is 0 Å². The summed E-state index contributed by atoms with van der Waals surface area (Å²) in [7, 11) is -4.03. The number of hydrogen-bond donors (Lipinski definition) is 1. The first-order valence-corrected chi connectivity index (χ1v) is 14.9. The summed E-state index contributed by atoms with van der Waals surface area (Å²) in [5.41, 5.74) is 1.12. The van der Waals surface area contributed by atoms with Crippen LogP contribution in [-0.2, 0) is 26.0 Å². The maximum atomic E-state index is 13.7. The quantitative estimate of drug-likeness (QED) is 0.389. The Balaban J connectivity index is 1.53. The lowest BCUT2D eigenvalue weighted by Crippen LogP contribution is -2.56. The third kappa shape index (κ3) is 7.22. The monoisotopic (exact) mass is 546 g/mol. The van der Waals surface area contributed by atoms with E-state index in [9.17, 15) is 23.3 Å². The molecule has 0 bridgehead atoms. The molecule has 39 heavy (non-hydrogen) atoms. The summed E-state index contributed by atoms with van der Waals surface area (Å²) in [4.78, 5) is 29.7. The number of nitrogens with one attached hydrogen (secondary N) is 1. The van der Waals surface area contributed by atoms with E-state index in [-0.39, 0.29) is 23.1 Å². The van der Waals surface area contributed by atoms with Crippen LogP contribution in [0.25, 0.3) is 10.8 Å². The number of nitrogens with zero attached hydrogens (tertiary/aromatic N) is 3. The van der Waals surface area contributed by atoms with Gasteiger partial charge in [0.15, 0.2) is 0 Å². The average molecular weight is 547 g/mol. The molecule has 2 amide bonds. The smallest absolute Gasteiger partial charge is 0.241 e. The van der Waals surface area contributed by atoms with Gasteiger partial charge in [-0.05, 0) is 53.4 Å². The molecule has 1 aliphatic heterocycles. The lowest BCUT2D eigenvalue weighted by Gasteiger charge is -2.36. The molecule has 1 N–H and O–H groups in total. The van der Waals surface area contributed by atoms with Gasteiger partial charge in [-0.15, -0.1) is 0 Å². The lowest BCUT2D eigenvalue weighted by molar-refractivity contribution is -0.140. The van der Waals surface area contributed by atoms with Gasteiger partial charge in [-0.3, -0.25) is 9.59 Å². The van der Waals surface area contributed by atoms with Crippen LogP contribution < -0.4 is 4.72 Å². The van der Waals surface area contributed by atoms with Crippen molar-refractivity contribution in [2.24, 2.45) is 0 Å². The van der Waals surface area contributed by atoms with Crippen molar-refractivity contribution in [3.63, 3.8) is 0 Å². The number of fused-ring (bicyclic) bond motifs is 1. The van der Waals surface area contributed by atoms with Gasteiger partial charge >= 0.3 is 0 Å². The first-order chi connectivity index (χ1) is 18.8. The van der Waals surface area contributed by atoms with Crippen LogP contribution in [0.1, 0.15) is 43.7 Å². The zero-order valence-corrected chi connectivity index (χ0v) is 23.0. The fourth-order valence-corrected chi connectivity index (χ4v) is 6.08. The highest BCUT2D eigenvalue weighted by atomic mass is 32.2. The minimum atomic E-state index is -4.03. The summed E-state index contributed by atoms with van der Waals surface area (Å²) >= 11 is 0. The highest BCUT2D eigenvalue weighted by molar-refractivity contribution is 7.89. The highest BCUT2D eigenvalue weighted by Crippen LogP contribution is 2.20. The average Bonchev–Trinajstić information content (AvgIpc) is 2.96. The van der Waals surface area contributed by atoms with E-state index in [4.69, 9.17) is 0 Å². The molecule has 1 aliphatic rings. The second kappa shape index (κ2) is 12.9. The van der Waals surface area contributed by atoms with E-state index in [1.165, 1.54) is 6.07 Å². The number of rotatable bonds is 10. The molecule has 1 heterocycles. The summed E-state index contributed by atoms with van der Waals surface area (Å²) < 4.78 is 29.6. The van der Waals surface area contributed by atoms with Crippen LogP contribution in [0.5, 0.6) is 0 Å². The molecule has 1 atom stereocenters. The zero-order valence-electron chi connectivity index (χ0n) is 22.2. The molecule has 0 spiro atoms. The van der Waals surface area contributed by atoms with Crippen molar-refractivity contribution >= 4 is 32.6 Å². The molecule has 3 aromatic rings. The number of nitriles is 1. The number of piperazine rings is 1. The van der Waals surface area contributed by atoms with Crippen molar-refractivity contribution in [2.45, 2.75) is 50.0 Å². The Kier molecular flexibility index (Phi) is 9.33. The maximum Gasteiger partial charge on any atom is 0.241 e. The molecule has 4 rings (SSSR count). The van der Waals surface area contributed by atoms with E-state index >= 15 is 0 Å². The maximum absolute atomic E-state index is 13.7. The molecule has 1 unspecified atom stereocenters. The van der Waals surface area contributed by atoms with Gasteiger partial charge < -0.3 is 9.80 Å². The van der Waals surface area contributed by atoms with Crippen LogP contribution in [-0.4, -0.2) is 62.3 Å². The van der Waals surface area contributed by atoms with Crippen molar-refractivity contribution in [3.8, 4) is 6.07 Å². The molecular weight excluding hydrogens is 512 g/mol. The van der Waals surface area contributed by atoms with Crippen molar-refractivity contribution in [3.05, 3.63) is 77.9 Å². The number of unbranched alkanes of at least 4 members (excludes halogenated alkanes) is 2. The van der Waals surface area contributed by atoms with E-state index in [1.807, 2.05) is 24.3 Å². The van der Waals surface area contributed by atoms with Gasteiger partial charge in [0.2, 0.25) is 21.8 Å². The Labute approximate surface area is 230 Å². The second-order valence-electron chi connectivity index (χ2n) is 9.86. The number of carbonyl (C=O) groups excluding carboxylic acids is 2. The van der Waals surface area contributed by atoms with Crippen molar-refractivity contribution in [1.82, 2.24) is 14.5 Å². The molecular formula is C30H34N4O4S. The van der Waals surface area contributed by atoms with Gasteiger partial charge in [-0.1, -0.05) is 62.2 Å². The lowest BCUT2D eigenvalue weighted by atomic mass is 10.0. The summed E-state index contributed by atoms with van der Waals surface area (Å²) in [6, 6.07) is 20.2. The Morgan fingerprint density at radius 1 is 0.923 bits per heavy atom. The molecule has 9 heteroatoms. The van der Waals surface area contributed by atoms with E-state index in [2.05, 4.69) is 17.7 Å². The van der Waals surface area contributed by atoms with Gasteiger partial charge in [-0.25, -0.2) is 8.42 Å². The summed E-state index contributed by atoms with van der Waals surface area (Å²) in [6.07, 6.45) is 3.51. The fraction of sp³-hybridized carbons (Fsp3) is 0.367. The number of hydrogen-bond acceptors (Lipinski definition) is 5. The van der Waals surface area contributed by atoms with Crippen LogP contribution in [0, 0.1) is 11.3 Å². The Morgan fingerprint density at radius 2 is 1.64 bits per heavy atom. The molecule has 1 fully saturated rings. The van der Waals surface area contributed by atoms with Crippen LogP contribution in [0.2, 0.25) is 0 Å². The molecule has 0 radical (unpaired) electrons. The molecule has 1 saturated heterocycles.